The van der Waals surface area contributed by atoms with Crippen LogP contribution in [0.3, 0.4) is 0 Å². The summed E-state index contributed by atoms with van der Waals surface area (Å²) in [6, 6.07) is 19.8. The Morgan fingerprint density at radius 3 is 2.56 bits per heavy atom. The van der Waals surface area contributed by atoms with Crippen molar-refractivity contribution < 1.29 is 14.3 Å². The third-order valence-electron chi connectivity index (χ3n) is 5.19. The van der Waals surface area contributed by atoms with Gasteiger partial charge in [-0.25, -0.2) is 13.9 Å². The van der Waals surface area contributed by atoms with Crippen LogP contribution in [0.1, 0.15) is 30.0 Å². The molecular formula is C26H20ClFN2O2. The van der Waals surface area contributed by atoms with Crippen LogP contribution >= 0.6 is 11.6 Å². The topological polar surface area (TPSA) is 55.1 Å². The largest absolute Gasteiger partial charge is 0.478 e. The van der Waals surface area contributed by atoms with Crippen molar-refractivity contribution >= 4 is 45.8 Å². The monoisotopic (exact) mass is 446 g/mol. The number of hydrogen-bond donors (Lipinski definition) is 1. The Hall–Kier alpha value is -3.70. The van der Waals surface area contributed by atoms with Gasteiger partial charge in [0.05, 0.1) is 22.4 Å². The molecule has 0 radical (unpaired) electrons. The average Bonchev–Trinajstić information content (AvgIpc) is 3.21. The second-order valence-electron chi connectivity index (χ2n) is 7.21. The molecule has 0 aliphatic heterocycles. The first-order chi connectivity index (χ1) is 15.5. The minimum Gasteiger partial charge on any atom is -0.478 e. The third kappa shape index (κ3) is 4.34. The predicted molar refractivity (Wildman–Crippen MR) is 127 cm³/mol. The molecule has 4 aromatic rings. The molecule has 0 unspecified atom stereocenters. The number of fused-ring (bicyclic) bond motifs is 1. The van der Waals surface area contributed by atoms with Crippen molar-refractivity contribution in [2.24, 2.45) is 0 Å². The molecule has 4 rings (SSSR count). The van der Waals surface area contributed by atoms with Gasteiger partial charge in [0.25, 0.3) is 0 Å². The van der Waals surface area contributed by atoms with Gasteiger partial charge in [0.1, 0.15) is 5.82 Å². The number of rotatable bonds is 6. The van der Waals surface area contributed by atoms with Crippen LogP contribution < -0.4 is 0 Å². The zero-order chi connectivity index (χ0) is 22.7. The fourth-order valence-electron chi connectivity index (χ4n) is 3.71. The summed E-state index contributed by atoms with van der Waals surface area (Å²) in [5, 5.41) is 14.8. The predicted octanol–water partition coefficient (Wildman–Crippen LogP) is 6.75. The van der Waals surface area contributed by atoms with Gasteiger partial charge >= 0.3 is 5.97 Å². The number of nitrogens with zero attached hydrogens (tertiary/aromatic N) is 2. The Morgan fingerprint density at radius 2 is 1.88 bits per heavy atom. The second-order valence-corrected chi connectivity index (χ2v) is 7.62. The molecule has 0 amide bonds. The van der Waals surface area contributed by atoms with E-state index in [9.17, 15) is 9.18 Å². The highest BCUT2D eigenvalue weighted by Crippen LogP contribution is 2.35. The maximum atomic E-state index is 13.7. The van der Waals surface area contributed by atoms with E-state index in [1.807, 2.05) is 60.1 Å². The third-order valence-corrected chi connectivity index (χ3v) is 5.50. The van der Waals surface area contributed by atoms with Crippen molar-refractivity contribution in [3.05, 3.63) is 107 Å². The van der Waals surface area contributed by atoms with Gasteiger partial charge in [-0.15, -0.1) is 0 Å². The summed E-state index contributed by atoms with van der Waals surface area (Å²) in [6.07, 6.45) is 5.08. The molecule has 1 aromatic heterocycles. The Kier molecular flexibility index (Phi) is 6.19. The number of benzene rings is 3. The van der Waals surface area contributed by atoms with E-state index >= 15 is 0 Å². The van der Waals surface area contributed by atoms with Crippen LogP contribution in [0, 0.1) is 5.82 Å². The molecule has 0 atom stereocenters. The highest BCUT2D eigenvalue weighted by Gasteiger charge is 2.18. The fourth-order valence-corrected chi connectivity index (χ4v) is 3.99. The number of halogens is 2. The van der Waals surface area contributed by atoms with Crippen molar-refractivity contribution in [1.82, 2.24) is 9.78 Å². The number of carboxylic acid groups (broad SMARTS) is 1. The molecule has 0 saturated heterocycles. The van der Waals surface area contributed by atoms with Crippen LogP contribution in [0.2, 0.25) is 5.02 Å². The first-order valence-electron chi connectivity index (χ1n) is 10.1. The van der Waals surface area contributed by atoms with Crippen LogP contribution in [-0.2, 0) is 4.79 Å². The Morgan fingerprint density at radius 1 is 1.12 bits per heavy atom. The lowest BCUT2D eigenvalue weighted by Gasteiger charge is -2.18. The lowest BCUT2D eigenvalue weighted by Crippen LogP contribution is -2.05. The summed E-state index contributed by atoms with van der Waals surface area (Å²) in [5.41, 5.74) is 5.05. The fraction of sp³-hybridized carbons (Fsp3) is 0.0769. The normalized spacial score (nSPS) is 12.3. The Balaban J connectivity index is 1.96. The van der Waals surface area contributed by atoms with Gasteiger partial charge in [-0.2, -0.15) is 5.10 Å². The molecule has 0 aliphatic carbocycles. The number of allylic oxidation sites excluding steroid dienone is 1. The summed E-state index contributed by atoms with van der Waals surface area (Å²) in [6.45, 7) is 2.02. The van der Waals surface area contributed by atoms with E-state index in [-0.39, 0.29) is 0 Å². The molecule has 0 aliphatic rings. The number of para-hydroxylation sites is 1. The first-order valence-corrected chi connectivity index (χ1v) is 10.5. The highest BCUT2D eigenvalue weighted by atomic mass is 35.5. The summed E-state index contributed by atoms with van der Waals surface area (Å²) >= 11 is 6.44. The van der Waals surface area contributed by atoms with Crippen LogP contribution in [-0.4, -0.2) is 20.9 Å². The second kappa shape index (κ2) is 9.20. The quantitative estimate of drug-likeness (QED) is 0.263. The zero-order valence-electron chi connectivity index (χ0n) is 17.3. The van der Waals surface area contributed by atoms with Crippen LogP contribution in [0.5, 0.6) is 0 Å². The number of carboxylic acids is 1. The van der Waals surface area contributed by atoms with Crippen LogP contribution in [0.25, 0.3) is 28.2 Å². The maximum Gasteiger partial charge on any atom is 0.328 e. The molecule has 1 N–H and O–H groups in total. The number of aliphatic carboxylic acids is 1. The summed E-state index contributed by atoms with van der Waals surface area (Å²) in [5.74, 6) is -1.40. The molecular weight excluding hydrogens is 427 g/mol. The van der Waals surface area contributed by atoms with E-state index in [0.29, 0.717) is 11.4 Å². The molecule has 0 bridgehead atoms. The van der Waals surface area contributed by atoms with Gasteiger partial charge in [-0.1, -0.05) is 67.1 Å². The molecule has 160 valence electrons. The van der Waals surface area contributed by atoms with Crippen molar-refractivity contribution in [2.75, 3.05) is 0 Å². The Bertz CT molecular complexity index is 1350. The van der Waals surface area contributed by atoms with E-state index in [2.05, 4.69) is 5.10 Å². The maximum absolute atomic E-state index is 13.7. The van der Waals surface area contributed by atoms with E-state index in [4.69, 9.17) is 16.7 Å². The standard InChI is InChI=1S/C26H20ClFN2O2/c1-2-21(22-13-12-20(28)15-23(22)27)26(30-24-6-4-3-5-19(24)16-29-30)18-10-7-17(8-11-18)9-14-25(31)32/h3-16H,2H2,1H3,(H,31,32)/b14-9+,26-21+. The van der Waals surface area contributed by atoms with Crippen LogP contribution in [0.4, 0.5) is 4.39 Å². The molecule has 4 nitrogen and oxygen atoms in total. The minimum atomic E-state index is -1.00. The average molecular weight is 447 g/mol. The molecule has 3 aromatic carbocycles. The lowest BCUT2D eigenvalue weighted by molar-refractivity contribution is -0.131. The van der Waals surface area contributed by atoms with Gasteiger partial charge in [-0.05, 0) is 47.4 Å². The summed E-state index contributed by atoms with van der Waals surface area (Å²) in [7, 11) is 0. The van der Waals surface area contributed by atoms with Gasteiger partial charge in [-0.3, -0.25) is 0 Å². The zero-order valence-corrected chi connectivity index (χ0v) is 18.1. The Labute approximate surface area is 189 Å². The molecule has 0 saturated carbocycles. The van der Waals surface area contributed by atoms with E-state index in [1.54, 1.807) is 12.3 Å². The van der Waals surface area contributed by atoms with Crippen molar-refractivity contribution in [3.63, 3.8) is 0 Å². The van der Waals surface area contributed by atoms with E-state index < -0.39 is 11.8 Å². The van der Waals surface area contributed by atoms with Crippen molar-refractivity contribution in [2.45, 2.75) is 13.3 Å². The molecule has 32 heavy (non-hydrogen) atoms. The van der Waals surface area contributed by atoms with E-state index in [0.717, 1.165) is 44.9 Å². The summed E-state index contributed by atoms with van der Waals surface area (Å²) in [4.78, 5) is 10.8. The first kappa shape index (κ1) is 21.5. The molecule has 1 heterocycles. The molecule has 6 heteroatoms. The molecule has 0 spiro atoms. The number of carbonyl (C=O) groups is 1. The van der Waals surface area contributed by atoms with Crippen LogP contribution in [0.15, 0.2) is 79.0 Å². The van der Waals surface area contributed by atoms with E-state index in [1.165, 1.54) is 18.2 Å². The summed E-state index contributed by atoms with van der Waals surface area (Å²) < 4.78 is 15.6. The van der Waals surface area contributed by atoms with Crippen molar-refractivity contribution in [3.8, 4) is 0 Å². The van der Waals surface area contributed by atoms with Gasteiger partial charge in [0.2, 0.25) is 0 Å². The van der Waals surface area contributed by atoms with Gasteiger partial charge in [0.15, 0.2) is 0 Å². The van der Waals surface area contributed by atoms with Gasteiger partial charge in [0, 0.05) is 17.0 Å². The highest BCUT2D eigenvalue weighted by molar-refractivity contribution is 6.32. The molecule has 0 fully saturated rings. The minimum absolute atomic E-state index is 0.330. The smallest absolute Gasteiger partial charge is 0.328 e. The lowest BCUT2D eigenvalue weighted by atomic mass is 9.96. The number of aromatic nitrogens is 2. The van der Waals surface area contributed by atoms with Crippen molar-refractivity contribution in [1.29, 1.82) is 0 Å². The SMILES string of the molecule is CC/C(=C(/c1ccc(/C=C/C(=O)O)cc1)n1ncc2ccccc21)c1ccc(F)cc1Cl. The number of hydrogen-bond acceptors (Lipinski definition) is 2. The van der Waals surface area contributed by atoms with Gasteiger partial charge < -0.3 is 5.11 Å².